The van der Waals surface area contributed by atoms with Crippen molar-refractivity contribution in [3.8, 4) is 0 Å². The molecule has 0 unspecified atom stereocenters. The van der Waals surface area contributed by atoms with E-state index < -0.39 is 0 Å². The van der Waals surface area contributed by atoms with Gasteiger partial charge in [0.1, 0.15) is 0 Å². The second-order valence-corrected chi connectivity index (χ2v) is 7.36. The molecule has 0 aromatic carbocycles. The van der Waals surface area contributed by atoms with Crippen molar-refractivity contribution in [2.45, 2.75) is 38.1 Å². The Morgan fingerprint density at radius 3 is 2.52 bits per heavy atom. The quantitative estimate of drug-likeness (QED) is 0.863. The Kier molecular flexibility index (Phi) is 4.52. The highest BCUT2D eigenvalue weighted by atomic mass is 32.1. The molecule has 2 aromatic heterocycles. The van der Waals surface area contributed by atoms with Crippen LogP contribution in [0.5, 0.6) is 0 Å². The van der Waals surface area contributed by atoms with Crippen molar-refractivity contribution < 1.29 is 0 Å². The zero-order valence-corrected chi connectivity index (χ0v) is 14.2. The number of hydrogen-bond acceptors (Lipinski definition) is 6. The van der Waals surface area contributed by atoms with Crippen LogP contribution in [0.1, 0.15) is 42.3 Å². The maximum atomic E-state index is 4.90. The third kappa shape index (κ3) is 3.53. The molecule has 4 rings (SSSR count). The van der Waals surface area contributed by atoms with Crippen molar-refractivity contribution in [2.24, 2.45) is 0 Å². The predicted octanol–water partition coefficient (Wildman–Crippen LogP) is 2.91. The summed E-state index contributed by atoms with van der Waals surface area (Å²) < 4.78 is 0. The highest BCUT2D eigenvalue weighted by molar-refractivity contribution is 7.09. The van der Waals surface area contributed by atoms with Crippen molar-refractivity contribution in [3.05, 3.63) is 34.5 Å². The minimum absolute atomic E-state index is 0.737. The van der Waals surface area contributed by atoms with Gasteiger partial charge in [-0.05, 0) is 18.9 Å². The van der Waals surface area contributed by atoms with Crippen LogP contribution in [0.2, 0.25) is 0 Å². The van der Waals surface area contributed by atoms with Crippen LogP contribution in [0, 0.1) is 0 Å². The summed E-state index contributed by atoms with van der Waals surface area (Å²) in [6.07, 6.45) is 9.06. The average Bonchev–Trinajstić information content (AvgIpc) is 3.28. The van der Waals surface area contributed by atoms with Crippen molar-refractivity contribution in [1.29, 1.82) is 0 Å². The molecule has 0 atom stereocenters. The van der Waals surface area contributed by atoms with Gasteiger partial charge in [0, 0.05) is 56.4 Å². The molecule has 0 N–H and O–H groups in total. The Labute approximate surface area is 141 Å². The lowest BCUT2D eigenvalue weighted by Gasteiger charge is -2.34. The predicted molar refractivity (Wildman–Crippen MR) is 92.8 cm³/mol. The van der Waals surface area contributed by atoms with E-state index in [1.807, 2.05) is 29.8 Å². The summed E-state index contributed by atoms with van der Waals surface area (Å²) in [7, 11) is 0. The van der Waals surface area contributed by atoms with Gasteiger partial charge in [0.05, 0.1) is 10.7 Å². The molecular weight excluding hydrogens is 306 g/mol. The van der Waals surface area contributed by atoms with E-state index in [1.54, 1.807) is 0 Å². The van der Waals surface area contributed by atoms with E-state index in [2.05, 4.69) is 25.1 Å². The number of hydrogen-bond donors (Lipinski definition) is 0. The first-order valence-corrected chi connectivity index (χ1v) is 9.45. The van der Waals surface area contributed by atoms with Gasteiger partial charge in [0.15, 0.2) is 0 Å². The first-order valence-electron chi connectivity index (χ1n) is 8.57. The molecule has 2 fully saturated rings. The van der Waals surface area contributed by atoms with E-state index in [0.717, 1.165) is 44.6 Å². The molecule has 1 saturated carbocycles. The van der Waals surface area contributed by atoms with Gasteiger partial charge in [-0.15, -0.1) is 11.3 Å². The smallest absolute Gasteiger partial charge is 0.225 e. The first kappa shape index (κ1) is 15.0. The second-order valence-electron chi connectivity index (χ2n) is 6.47. The lowest BCUT2D eigenvalue weighted by atomic mass is 10.1. The Balaban J connectivity index is 1.31. The molecule has 23 heavy (non-hydrogen) atoms. The molecule has 1 saturated heterocycles. The van der Waals surface area contributed by atoms with Gasteiger partial charge >= 0.3 is 0 Å². The highest BCUT2D eigenvalue weighted by Gasteiger charge is 2.22. The monoisotopic (exact) mass is 329 g/mol. The Bertz CT molecular complexity index is 615. The highest BCUT2D eigenvalue weighted by Crippen LogP contribution is 2.35. The maximum absolute atomic E-state index is 4.90. The number of thiazole rings is 1. The number of anilines is 1. The normalized spacial score (nSPS) is 20.3. The van der Waals surface area contributed by atoms with Crippen LogP contribution >= 0.6 is 11.3 Å². The topological polar surface area (TPSA) is 45.2 Å². The number of rotatable bonds is 4. The molecule has 0 amide bonds. The van der Waals surface area contributed by atoms with E-state index in [0.29, 0.717) is 0 Å². The van der Waals surface area contributed by atoms with Crippen molar-refractivity contribution in [2.75, 3.05) is 31.1 Å². The fourth-order valence-electron chi connectivity index (χ4n) is 3.55. The number of aromatic nitrogens is 3. The first-order chi connectivity index (χ1) is 11.4. The molecule has 0 bridgehead atoms. The minimum atomic E-state index is 0.737. The van der Waals surface area contributed by atoms with E-state index in [-0.39, 0.29) is 0 Å². The minimum Gasteiger partial charge on any atom is -0.338 e. The zero-order valence-electron chi connectivity index (χ0n) is 13.4. The molecule has 6 heteroatoms. The van der Waals surface area contributed by atoms with Crippen LogP contribution in [-0.4, -0.2) is 46.0 Å². The Morgan fingerprint density at radius 2 is 1.78 bits per heavy atom. The summed E-state index contributed by atoms with van der Waals surface area (Å²) in [6.45, 7) is 5.06. The third-order valence-electron chi connectivity index (χ3n) is 4.87. The van der Waals surface area contributed by atoms with Gasteiger partial charge in [-0.3, -0.25) is 4.90 Å². The summed E-state index contributed by atoms with van der Waals surface area (Å²) in [4.78, 5) is 18.3. The average molecular weight is 329 g/mol. The van der Waals surface area contributed by atoms with Crippen LogP contribution in [0.3, 0.4) is 0 Å². The van der Waals surface area contributed by atoms with Crippen molar-refractivity contribution in [1.82, 2.24) is 19.9 Å². The van der Waals surface area contributed by atoms with E-state index in [9.17, 15) is 0 Å². The lowest BCUT2D eigenvalue weighted by molar-refractivity contribution is 0.246. The zero-order chi connectivity index (χ0) is 15.5. The van der Waals surface area contributed by atoms with Gasteiger partial charge in [0.25, 0.3) is 0 Å². The Hall–Kier alpha value is -1.53. The van der Waals surface area contributed by atoms with Crippen molar-refractivity contribution in [3.63, 3.8) is 0 Å². The van der Waals surface area contributed by atoms with Gasteiger partial charge < -0.3 is 4.90 Å². The SMILES string of the molecule is c1cnc(N2CCN(Cc3csc(C4CCCC4)n3)CC2)nc1. The Morgan fingerprint density at radius 1 is 1.04 bits per heavy atom. The molecule has 1 aliphatic heterocycles. The molecule has 5 nitrogen and oxygen atoms in total. The fraction of sp³-hybridized carbons (Fsp3) is 0.588. The molecule has 2 aromatic rings. The lowest BCUT2D eigenvalue weighted by Crippen LogP contribution is -2.46. The van der Waals surface area contributed by atoms with Gasteiger partial charge in [-0.25, -0.2) is 15.0 Å². The van der Waals surface area contributed by atoms with Crippen LogP contribution < -0.4 is 4.90 Å². The largest absolute Gasteiger partial charge is 0.338 e. The van der Waals surface area contributed by atoms with E-state index in [1.165, 1.54) is 36.4 Å². The molecule has 3 heterocycles. The van der Waals surface area contributed by atoms with Crippen LogP contribution in [-0.2, 0) is 6.54 Å². The summed E-state index contributed by atoms with van der Waals surface area (Å²) in [5.74, 6) is 1.59. The van der Waals surface area contributed by atoms with Crippen LogP contribution in [0.25, 0.3) is 0 Å². The van der Waals surface area contributed by atoms with Gasteiger partial charge in [-0.2, -0.15) is 0 Å². The molecule has 0 spiro atoms. The van der Waals surface area contributed by atoms with Crippen molar-refractivity contribution >= 4 is 17.3 Å². The molecular formula is C17H23N5S. The molecule has 0 radical (unpaired) electrons. The summed E-state index contributed by atoms with van der Waals surface area (Å²) in [5, 5.41) is 3.63. The van der Waals surface area contributed by atoms with Gasteiger partial charge in [0.2, 0.25) is 5.95 Å². The summed E-state index contributed by atoms with van der Waals surface area (Å²) in [6, 6.07) is 1.87. The van der Waals surface area contributed by atoms with Crippen LogP contribution in [0.15, 0.2) is 23.8 Å². The van der Waals surface area contributed by atoms with Crippen LogP contribution in [0.4, 0.5) is 5.95 Å². The second kappa shape index (κ2) is 6.93. The van der Waals surface area contributed by atoms with E-state index >= 15 is 0 Å². The number of nitrogens with zero attached hydrogens (tertiary/aromatic N) is 5. The molecule has 122 valence electrons. The number of piperazine rings is 1. The molecule has 2 aliphatic rings. The fourth-order valence-corrected chi connectivity index (χ4v) is 4.53. The molecule has 1 aliphatic carbocycles. The summed E-state index contributed by atoms with van der Waals surface area (Å²) >= 11 is 1.86. The maximum Gasteiger partial charge on any atom is 0.225 e. The van der Waals surface area contributed by atoms with E-state index in [4.69, 9.17) is 4.98 Å². The standard InChI is InChI=1S/C17H23N5S/c1-2-5-14(4-1)16-20-15(13-23-16)12-21-8-10-22(11-9-21)17-18-6-3-7-19-17/h3,6-7,13-14H,1-2,4-5,8-12H2. The van der Waals surface area contributed by atoms with Gasteiger partial charge in [-0.1, -0.05) is 12.8 Å². The summed E-state index contributed by atoms with van der Waals surface area (Å²) in [5.41, 5.74) is 1.25. The third-order valence-corrected chi connectivity index (χ3v) is 5.92.